The zero-order valence-corrected chi connectivity index (χ0v) is 12.7. The minimum atomic E-state index is -1.22. The first-order valence-electron chi connectivity index (χ1n) is 7.40. The molecule has 1 aromatic rings. The van der Waals surface area contributed by atoms with Gasteiger partial charge in [-0.05, 0) is 43.9 Å². The van der Waals surface area contributed by atoms with Gasteiger partial charge in [-0.15, -0.1) is 0 Å². The topological polar surface area (TPSA) is 46.5 Å². The summed E-state index contributed by atoms with van der Waals surface area (Å²) < 4.78 is 5.36. The van der Waals surface area contributed by atoms with E-state index >= 15 is 0 Å². The van der Waals surface area contributed by atoms with Gasteiger partial charge in [-0.2, -0.15) is 0 Å². The van der Waals surface area contributed by atoms with Gasteiger partial charge in [0.05, 0.1) is 12.7 Å². The third-order valence-corrected chi connectivity index (χ3v) is 4.24. The molecule has 0 spiro atoms. The minimum Gasteiger partial charge on any atom is -0.496 e. The fourth-order valence-electron chi connectivity index (χ4n) is 3.15. The van der Waals surface area contributed by atoms with Crippen LogP contribution < -0.4 is 4.74 Å². The van der Waals surface area contributed by atoms with E-state index in [-0.39, 0.29) is 5.78 Å². The van der Waals surface area contributed by atoms with Crippen LogP contribution in [0.1, 0.15) is 60.0 Å². The van der Waals surface area contributed by atoms with Crippen LogP contribution in [0.3, 0.4) is 0 Å². The number of benzene rings is 1. The van der Waals surface area contributed by atoms with E-state index in [1.807, 2.05) is 26.0 Å². The number of ketones is 1. The molecule has 0 radical (unpaired) electrons. The average Bonchev–Trinajstić information content (AvgIpc) is 2.63. The summed E-state index contributed by atoms with van der Waals surface area (Å²) in [5, 5.41) is 10.8. The molecule has 0 aliphatic heterocycles. The highest BCUT2D eigenvalue weighted by atomic mass is 16.5. The Morgan fingerprint density at radius 1 is 1.15 bits per heavy atom. The molecule has 3 heteroatoms. The minimum absolute atomic E-state index is 0.172. The summed E-state index contributed by atoms with van der Waals surface area (Å²) in [5.41, 5.74) is 1.26. The Labute approximate surface area is 121 Å². The Bertz CT molecular complexity index is 497. The van der Waals surface area contributed by atoms with Crippen LogP contribution >= 0.6 is 0 Å². The molecule has 0 bridgehead atoms. The highest BCUT2D eigenvalue weighted by Crippen LogP contribution is 2.34. The van der Waals surface area contributed by atoms with Crippen molar-refractivity contribution < 1.29 is 14.6 Å². The highest BCUT2D eigenvalue weighted by molar-refractivity contribution is 6.05. The molecule has 2 rings (SSSR count). The number of carbonyl (C=O) groups is 1. The number of methoxy groups -OCH3 is 1. The van der Waals surface area contributed by atoms with Gasteiger partial charge < -0.3 is 9.84 Å². The number of hydrogen-bond acceptors (Lipinski definition) is 3. The smallest absolute Gasteiger partial charge is 0.198 e. The third kappa shape index (κ3) is 2.88. The standard InChI is InChI=1S/C17H24O3/c1-12-10-13(2)15(14(11-12)20-3)16(18)17(19)8-6-4-5-7-9-17/h10-11,19H,4-9H2,1-3H3. The van der Waals surface area contributed by atoms with E-state index in [4.69, 9.17) is 4.74 Å². The zero-order chi connectivity index (χ0) is 14.8. The molecular formula is C17H24O3. The maximum absolute atomic E-state index is 12.9. The summed E-state index contributed by atoms with van der Waals surface area (Å²) >= 11 is 0. The molecule has 0 unspecified atom stereocenters. The normalized spacial score (nSPS) is 18.4. The number of aliphatic hydroxyl groups is 1. The largest absolute Gasteiger partial charge is 0.496 e. The van der Waals surface area contributed by atoms with Gasteiger partial charge >= 0.3 is 0 Å². The summed E-state index contributed by atoms with van der Waals surface area (Å²) in [6, 6.07) is 3.83. The van der Waals surface area contributed by atoms with Crippen molar-refractivity contribution in [2.75, 3.05) is 7.11 Å². The third-order valence-electron chi connectivity index (χ3n) is 4.24. The van der Waals surface area contributed by atoms with E-state index in [0.717, 1.165) is 36.8 Å². The van der Waals surface area contributed by atoms with Gasteiger partial charge in [0, 0.05) is 0 Å². The molecule has 0 aromatic heterocycles. The van der Waals surface area contributed by atoms with Gasteiger partial charge in [-0.3, -0.25) is 4.79 Å². The quantitative estimate of drug-likeness (QED) is 0.678. The number of carbonyl (C=O) groups excluding carboxylic acids is 1. The Balaban J connectivity index is 2.42. The van der Waals surface area contributed by atoms with E-state index in [1.165, 1.54) is 0 Å². The average molecular weight is 276 g/mol. The molecule has 0 heterocycles. The summed E-state index contributed by atoms with van der Waals surface area (Å²) in [5.74, 6) is 0.402. The summed E-state index contributed by atoms with van der Waals surface area (Å²) in [6.45, 7) is 3.88. The van der Waals surface area contributed by atoms with E-state index in [0.29, 0.717) is 24.2 Å². The fraction of sp³-hybridized carbons (Fsp3) is 0.588. The van der Waals surface area contributed by atoms with Gasteiger partial charge in [0.2, 0.25) is 0 Å². The molecular weight excluding hydrogens is 252 g/mol. The van der Waals surface area contributed by atoms with Crippen molar-refractivity contribution in [3.05, 3.63) is 28.8 Å². The summed E-state index contributed by atoms with van der Waals surface area (Å²) in [4.78, 5) is 12.9. The van der Waals surface area contributed by atoms with Crippen molar-refractivity contribution in [3.63, 3.8) is 0 Å². The second-order valence-electron chi connectivity index (χ2n) is 5.93. The van der Waals surface area contributed by atoms with Gasteiger partial charge in [-0.25, -0.2) is 0 Å². The van der Waals surface area contributed by atoms with Crippen molar-refractivity contribution >= 4 is 5.78 Å². The molecule has 1 aliphatic carbocycles. The molecule has 1 fully saturated rings. The molecule has 1 aliphatic rings. The van der Waals surface area contributed by atoms with Crippen molar-refractivity contribution in [3.8, 4) is 5.75 Å². The fourth-order valence-corrected chi connectivity index (χ4v) is 3.15. The lowest BCUT2D eigenvalue weighted by Crippen LogP contribution is -2.38. The molecule has 0 saturated heterocycles. The molecule has 20 heavy (non-hydrogen) atoms. The Morgan fingerprint density at radius 3 is 2.30 bits per heavy atom. The molecule has 1 N–H and O–H groups in total. The Kier molecular flexibility index (Phi) is 4.48. The number of Topliss-reactive ketones (excluding diaryl/α,β-unsaturated/α-hetero) is 1. The number of ether oxygens (including phenoxy) is 1. The van der Waals surface area contributed by atoms with E-state index in [1.54, 1.807) is 7.11 Å². The SMILES string of the molecule is COc1cc(C)cc(C)c1C(=O)C1(O)CCCCCC1. The molecule has 3 nitrogen and oxygen atoms in total. The molecule has 0 amide bonds. The monoisotopic (exact) mass is 276 g/mol. The molecule has 1 saturated carbocycles. The maximum Gasteiger partial charge on any atom is 0.198 e. The van der Waals surface area contributed by atoms with Crippen LogP contribution in [0.2, 0.25) is 0 Å². The van der Waals surface area contributed by atoms with Gasteiger partial charge in [0.1, 0.15) is 11.4 Å². The van der Waals surface area contributed by atoms with Crippen molar-refractivity contribution in [2.24, 2.45) is 0 Å². The first kappa shape index (κ1) is 15.0. The second kappa shape index (κ2) is 5.96. The highest BCUT2D eigenvalue weighted by Gasteiger charge is 2.38. The van der Waals surface area contributed by atoms with Gasteiger partial charge in [0.25, 0.3) is 0 Å². The van der Waals surface area contributed by atoms with Crippen LogP contribution in [0.5, 0.6) is 5.75 Å². The summed E-state index contributed by atoms with van der Waals surface area (Å²) in [7, 11) is 1.57. The Hall–Kier alpha value is -1.35. The number of rotatable bonds is 3. The maximum atomic E-state index is 12.9. The predicted molar refractivity (Wildman–Crippen MR) is 79.5 cm³/mol. The first-order valence-corrected chi connectivity index (χ1v) is 7.40. The van der Waals surface area contributed by atoms with E-state index in [2.05, 4.69) is 0 Å². The van der Waals surface area contributed by atoms with Crippen LogP contribution in [-0.4, -0.2) is 23.6 Å². The lowest BCUT2D eigenvalue weighted by molar-refractivity contribution is 0.0234. The van der Waals surface area contributed by atoms with Crippen LogP contribution in [0, 0.1) is 13.8 Å². The number of aryl methyl sites for hydroxylation is 2. The van der Waals surface area contributed by atoms with Crippen LogP contribution in [0.15, 0.2) is 12.1 Å². The zero-order valence-electron chi connectivity index (χ0n) is 12.7. The van der Waals surface area contributed by atoms with Gasteiger partial charge in [-0.1, -0.05) is 31.7 Å². The van der Waals surface area contributed by atoms with Crippen LogP contribution in [0.4, 0.5) is 0 Å². The Morgan fingerprint density at radius 2 is 1.75 bits per heavy atom. The lowest BCUT2D eigenvalue weighted by Gasteiger charge is -2.26. The van der Waals surface area contributed by atoms with Crippen molar-refractivity contribution in [1.29, 1.82) is 0 Å². The second-order valence-corrected chi connectivity index (χ2v) is 5.93. The van der Waals surface area contributed by atoms with Crippen molar-refractivity contribution in [1.82, 2.24) is 0 Å². The lowest BCUT2D eigenvalue weighted by atomic mass is 9.84. The molecule has 110 valence electrons. The molecule has 1 aromatic carbocycles. The van der Waals surface area contributed by atoms with E-state index in [9.17, 15) is 9.90 Å². The summed E-state index contributed by atoms with van der Waals surface area (Å²) in [6.07, 6.45) is 5.13. The predicted octanol–water partition coefficient (Wildman–Crippen LogP) is 3.58. The molecule has 0 atom stereocenters. The van der Waals surface area contributed by atoms with E-state index < -0.39 is 5.60 Å². The number of hydrogen-bond donors (Lipinski definition) is 1. The van der Waals surface area contributed by atoms with Crippen LogP contribution in [-0.2, 0) is 0 Å². The van der Waals surface area contributed by atoms with Gasteiger partial charge in [0.15, 0.2) is 5.78 Å². The van der Waals surface area contributed by atoms with Crippen molar-refractivity contribution in [2.45, 2.75) is 58.0 Å². The first-order chi connectivity index (χ1) is 9.48. The van der Waals surface area contributed by atoms with Crippen LogP contribution in [0.25, 0.3) is 0 Å².